The van der Waals surface area contributed by atoms with Crippen LogP contribution in [-0.4, -0.2) is 15.6 Å². The number of hydrogen-bond donors (Lipinski definition) is 1. The summed E-state index contributed by atoms with van der Waals surface area (Å²) in [7, 11) is 0. The summed E-state index contributed by atoms with van der Waals surface area (Å²) in [6, 6.07) is 14.5. The van der Waals surface area contributed by atoms with Gasteiger partial charge < -0.3 is 9.67 Å². The fourth-order valence-electron chi connectivity index (χ4n) is 3.44. The molecule has 1 fully saturated rings. The molecule has 1 heterocycles. The van der Waals surface area contributed by atoms with E-state index in [0.29, 0.717) is 0 Å². The number of carbonyl (C=O) groups is 1. The number of benzene rings is 2. The molecule has 0 unspecified atom stereocenters. The number of fused-ring (bicyclic) bond motifs is 3. The first-order valence-corrected chi connectivity index (χ1v) is 7.42. The van der Waals surface area contributed by atoms with Crippen LogP contribution >= 0.6 is 0 Å². The second kappa shape index (κ2) is 4.10. The molecule has 4 rings (SSSR count). The van der Waals surface area contributed by atoms with Crippen LogP contribution in [0.2, 0.25) is 0 Å². The largest absolute Gasteiger partial charge is 0.481 e. The number of aliphatic carboxylic acids is 1. The predicted molar refractivity (Wildman–Crippen MR) is 83.7 cm³/mol. The molecule has 1 aromatic heterocycles. The van der Waals surface area contributed by atoms with Crippen LogP contribution < -0.4 is 0 Å². The SMILES string of the molecule is CCn1c2ccccc2c2cc(C3(C(=O)O)CC3)ccc21. The lowest BCUT2D eigenvalue weighted by Crippen LogP contribution is -2.19. The molecule has 0 atom stereocenters. The van der Waals surface area contributed by atoms with Gasteiger partial charge in [-0.2, -0.15) is 0 Å². The third-order valence-electron chi connectivity index (χ3n) is 4.80. The van der Waals surface area contributed by atoms with E-state index < -0.39 is 11.4 Å². The summed E-state index contributed by atoms with van der Waals surface area (Å²) >= 11 is 0. The van der Waals surface area contributed by atoms with E-state index in [9.17, 15) is 9.90 Å². The van der Waals surface area contributed by atoms with Crippen molar-refractivity contribution in [1.29, 1.82) is 0 Å². The molecule has 0 spiro atoms. The molecule has 106 valence electrons. The Morgan fingerprint density at radius 3 is 2.52 bits per heavy atom. The number of aromatic nitrogens is 1. The Hall–Kier alpha value is -2.29. The molecule has 3 nitrogen and oxygen atoms in total. The summed E-state index contributed by atoms with van der Waals surface area (Å²) in [4.78, 5) is 11.5. The molecule has 1 N–H and O–H groups in total. The van der Waals surface area contributed by atoms with Crippen molar-refractivity contribution in [1.82, 2.24) is 4.57 Å². The van der Waals surface area contributed by atoms with Crippen molar-refractivity contribution in [3.05, 3.63) is 48.0 Å². The smallest absolute Gasteiger partial charge is 0.314 e. The van der Waals surface area contributed by atoms with Crippen molar-refractivity contribution in [2.75, 3.05) is 0 Å². The van der Waals surface area contributed by atoms with Gasteiger partial charge in [-0.1, -0.05) is 24.3 Å². The quantitative estimate of drug-likeness (QED) is 0.789. The Bertz CT molecular complexity index is 871. The predicted octanol–water partition coefficient (Wildman–Crippen LogP) is 3.93. The topological polar surface area (TPSA) is 42.2 Å². The van der Waals surface area contributed by atoms with Crippen molar-refractivity contribution in [3.8, 4) is 0 Å². The van der Waals surface area contributed by atoms with Gasteiger partial charge in [-0.25, -0.2) is 0 Å². The number of hydrogen-bond acceptors (Lipinski definition) is 1. The van der Waals surface area contributed by atoms with Crippen molar-refractivity contribution in [3.63, 3.8) is 0 Å². The van der Waals surface area contributed by atoms with Gasteiger partial charge in [0.1, 0.15) is 0 Å². The molecule has 1 aliphatic rings. The van der Waals surface area contributed by atoms with Crippen LogP contribution in [0.1, 0.15) is 25.3 Å². The molecule has 3 heteroatoms. The van der Waals surface area contributed by atoms with Crippen molar-refractivity contribution in [2.24, 2.45) is 0 Å². The van der Waals surface area contributed by atoms with Crippen LogP contribution in [0.25, 0.3) is 21.8 Å². The maximum absolute atomic E-state index is 11.5. The first kappa shape index (κ1) is 12.5. The third kappa shape index (κ3) is 1.57. The number of aryl methyl sites for hydroxylation is 1. The molecule has 1 saturated carbocycles. The van der Waals surface area contributed by atoms with E-state index in [1.807, 2.05) is 18.2 Å². The van der Waals surface area contributed by atoms with Gasteiger partial charge in [0.05, 0.1) is 5.41 Å². The standard InChI is InChI=1S/C18H17NO2/c1-2-19-15-6-4-3-5-13(15)14-11-12(7-8-16(14)19)18(9-10-18)17(20)21/h3-8,11H,2,9-10H2,1H3,(H,20,21). The number of rotatable bonds is 3. The Labute approximate surface area is 122 Å². The molecule has 21 heavy (non-hydrogen) atoms. The van der Waals surface area contributed by atoms with Crippen LogP contribution in [0.3, 0.4) is 0 Å². The summed E-state index contributed by atoms with van der Waals surface area (Å²) < 4.78 is 2.29. The zero-order chi connectivity index (χ0) is 14.6. The van der Waals surface area contributed by atoms with E-state index in [1.54, 1.807) is 0 Å². The summed E-state index contributed by atoms with van der Waals surface area (Å²) in [5, 5.41) is 11.9. The molecule has 1 aliphatic carbocycles. The Morgan fingerprint density at radius 1 is 1.14 bits per heavy atom. The minimum Gasteiger partial charge on any atom is -0.481 e. The maximum Gasteiger partial charge on any atom is 0.314 e. The van der Waals surface area contributed by atoms with Gasteiger partial charge in [0, 0.05) is 28.4 Å². The average Bonchev–Trinajstić information content (AvgIpc) is 3.25. The maximum atomic E-state index is 11.5. The van der Waals surface area contributed by atoms with Gasteiger partial charge in [-0.05, 0) is 43.5 Å². The first-order valence-electron chi connectivity index (χ1n) is 7.42. The van der Waals surface area contributed by atoms with Gasteiger partial charge in [-0.3, -0.25) is 4.79 Å². The molecule has 0 bridgehead atoms. The Morgan fingerprint density at radius 2 is 1.86 bits per heavy atom. The lowest BCUT2D eigenvalue weighted by atomic mass is 9.94. The molecule has 2 aromatic carbocycles. The minimum atomic E-state index is -0.693. The lowest BCUT2D eigenvalue weighted by Gasteiger charge is -2.10. The van der Waals surface area contributed by atoms with Crippen LogP contribution in [0.15, 0.2) is 42.5 Å². The highest BCUT2D eigenvalue weighted by molar-refractivity contribution is 6.08. The molecule has 0 radical (unpaired) electrons. The number of carboxylic acids is 1. The number of carboxylic acid groups (broad SMARTS) is 1. The summed E-state index contributed by atoms with van der Waals surface area (Å²) in [6.07, 6.45) is 1.50. The Balaban J connectivity index is 2.04. The van der Waals surface area contributed by atoms with Crippen LogP contribution in [-0.2, 0) is 16.8 Å². The number of para-hydroxylation sites is 1. The van der Waals surface area contributed by atoms with Crippen LogP contribution in [0, 0.1) is 0 Å². The van der Waals surface area contributed by atoms with Crippen molar-refractivity contribution < 1.29 is 9.90 Å². The molecular weight excluding hydrogens is 262 g/mol. The number of nitrogens with zero attached hydrogens (tertiary/aromatic N) is 1. The van der Waals surface area contributed by atoms with E-state index >= 15 is 0 Å². The van der Waals surface area contributed by atoms with Gasteiger partial charge >= 0.3 is 5.97 Å². The van der Waals surface area contributed by atoms with Crippen molar-refractivity contribution in [2.45, 2.75) is 31.7 Å². The van der Waals surface area contributed by atoms with Crippen LogP contribution in [0.4, 0.5) is 0 Å². The fraction of sp³-hybridized carbons (Fsp3) is 0.278. The molecule has 0 saturated heterocycles. The molecule has 3 aromatic rings. The zero-order valence-electron chi connectivity index (χ0n) is 12.0. The summed E-state index contributed by atoms with van der Waals surface area (Å²) in [6.45, 7) is 3.05. The monoisotopic (exact) mass is 279 g/mol. The first-order chi connectivity index (χ1) is 10.2. The van der Waals surface area contributed by atoms with E-state index in [0.717, 1.165) is 30.3 Å². The summed E-state index contributed by atoms with van der Waals surface area (Å²) in [5.41, 5.74) is 2.71. The summed E-state index contributed by atoms with van der Waals surface area (Å²) in [5.74, 6) is -0.693. The average molecular weight is 279 g/mol. The van der Waals surface area contributed by atoms with Crippen molar-refractivity contribution >= 4 is 27.8 Å². The molecule has 0 aliphatic heterocycles. The zero-order valence-corrected chi connectivity index (χ0v) is 12.0. The highest BCUT2D eigenvalue weighted by Crippen LogP contribution is 2.49. The van der Waals surface area contributed by atoms with E-state index in [1.165, 1.54) is 16.4 Å². The normalized spacial score (nSPS) is 16.4. The highest BCUT2D eigenvalue weighted by Gasteiger charge is 2.51. The minimum absolute atomic E-state index is 0.635. The fourth-order valence-corrected chi connectivity index (χ4v) is 3.44. The van der Waals surface area contributed by atoms with E-state index in [2.05, 4.69) is 35.8 Å². The van der Waals surface area contributed by atoms with Gasteiger partial charge in [0.2, 0.25) is 0 Å². The third-order valence-corrected chi connectivity index (χ3v) is 4.80. The van der Waals surface area contributed by atoms with Gasteiger partial charge in [0.15, 0.2) is 0 Å². The molecule has 0 amide bonds. The Kier molecular flexibility index (Phi) is 2.43. The molecular formula is C18H17NO2. The second-order valence-electron chi connectivity index (χ2n) is 5.88. The van der Waals surface area contributed by atoms with E-state index in [4.69, 9.17) is 0 Å². The van der Waals surface area contributed by atoms with Crippen LogP contribution in [0.5, 0.6) is 0 Å². The highest BCUT2D eigenvalue weighted by atomic mass is 16.4. The van der Waals surface area contributed by atoms with Gasteiger partial charge in [-0.15, -0.1) is 0 Å². The lowest BCUT2D eigenvalue weighted by molar-refractivity contribution is -0.140. The van der Waals surface area contributed by atoms with Gasteiger partial charge in [0.25, 0.3) is 0 Å². The van der Waals surface area contributed by atoms with E-state index in [-0.39, 0.29) is 0 Å². The second-order valence-corrected chi connectivity index (χ2v) is 5.88.